The van der Waals surface area contributed by atoms with Crippen molar-refractivity contribution >= 4 is 29.4 Å². The molecule has 5 heteroatoms. The van der Waals surface area contributed by atoms with Crippen molar-refractivity contribution in [2.45, 2.75) is 19.8 Å². The first kappa shape index (κ1) is 17.9. The molecule has 0 fully saturated rings. The van der Waals surface area contributed by atoms with Crippen LogP contribution >= 0.6 is 0 Å². The lowest BCUT2D eigenvalue weighted by molar-refractivity contribution is -0.137. The SMILES string of the molecule is Cc1cc2c(cc1-c1cc(C=O)ccc1N(C)C)C(C)C(=O)C(=O)N2C. The summed E-state index contributed by atoms with van der Waals surface area (Å²) < 4.78 is 0. The van der Waals surface area contributed by atoms with Gasteiger partial charge in [0.05, 0.1) is 5.92 Å². The van der Waals surface area contributed by atoms with E-state index in [9.17, 15) is 14.4 Å². The molecular weight excluding hydrogens is 328 g/mol. The minimum absolute atomic E-state index is 0.399. The fourth-order valence-electron chi connectivity index (χ4n) is 3.47. The summed E-state index contributed by atoms with van der Waals surface area (Å²) in [5.74, 6) is -1.36. The van der Waals surface area contributed by atoms with Crippen LogP contribution in [0.25, 0.3) is 11.1 Å². The van der Waals surface area contributed by atoms with Crippen LogP contribution in [0.5, 0.6) is 0 Å². The van der Waals surface area contributed by atoms with Crippen LogP contribution < -0.4 is 9.80 Å². The molecule has 0 aliphatic carbocycles. The number of amides is 1. The molecular formula is C21H22N2O3. The summed E-state index contributed by atoms with van der Waals surface area (Å²) >= 11 is 0. The van der Waals surface area contributed by atoms with Crippen LogP contribution in [0.3, 0.4) is 0 Å². The number of rotatable bonds is 3. The van der Waals surface area contributed by atoms with Crippen molar-refractivity contribution in [1.82, 2.24) is 0 Å². The van der Waals surface area contributed by atoms with Gasteiger partial charge in [-0.1, -0.05) is 6.92 Å². The van der Waals surface area contributed by atoms with Gasteiger partial charge in [-0.15, -0.1) is 0 Å². The first-order valence-corrected chi connectivity index (χ1v) is 8.49. The van der Waals surface area contributed by atoms with E-state index in [-0.39, 0.29) is 0 Å². The summed E-state index contributed by atoms with van der Waals surface area (Å²) in [4.78, 5) is 39.1. The standard InChI is InChI=1S/C21H22N2O3/c1-12-8-19-16(13(2)20(25)21(26)23(19)5)10-15(12)17-9-14(11-24)6-7-18(17)22(3)4/h6-11,13H,1-5H3. The van der Waals surface area contributed by atoms with Gasteiger partial charge in [-0.25, -0.2) is 0 Å². The second kappa shape index (κ2) is 6.41. The van der Waals surface area contributed by atoms with E-state index < -0.39 is 17.6 Å². The molecule has 134 valence electrons. The van der Waals surface area contributed by atoms with Crippen molar-refractivity contribution in [2.75, 3.05) is 30.9 Å². The lowest BCUT2D eigenvalue weighted by Gasteiger charge is -2.30. The highest BCUT2D eigenvalue weighted by molar-refractivity contribution is 6.44. The fourth-order valence-corrected chi connectivity index (χ4v) is 3.47. The predicted octanol–water partition coefficient (Wildman–Crippen LogP) is 3.19. The number of anilines is 2. The van der Waals surface area contributed by atoms with Crippen LogP contribution in [-0.2, 0) is 9.59 Å². The van der Waals surface area contributed by atoms with Gasteiger partial charge in [0.2, 0.25) is 5.78 Å². The van der Waals surface area contributed by atoms with E-state index in [1.165, 1.54) is 4.90 Å². The van der Waals surface area contributed by atoms with Gasteiger partial charge in [0.1, 0.15) is 6.29 Å². The van der Waals surface area contributed by atoms with E-state index in [0.717, 1.165) is 39.9 Å². The molecule has 26 heavy (non-hydrogen) atoms. The lowest BCUT2D eigenvalue weighted by atomic mass is 9.85. The van der Waals surface area contributed by atoms with Gasteiger partial charge in [-0.2, -0.15) is 0 Å². The average Bonchev–Trinajstić information content (AvgIpc) is 2.63. The Kier molecular flexibility index (Phi) is 4.40. The first-order valence-electron chi connectivity index (χ1n) is 8.49. The number of aldehydes is 1. The molecule has 0 saturated carbocycles. The molecule has 0 spiro atoms. The van der Waals surface area contributed by atoms with Crippen LogP contribution in [0.15, 0.2) is 30.3 Å². The number of benzene rings is 2. The van der Waals surface area contributed by atoms with Crippen molar-refractivity contribution in [2.24, 2.45) is 0 Å². The van der Waals surface area contributed by atoms with Crippen molar-refractivity contribution in [3.8, 4) is 11.1 Å². The molecule has 1 aliphatic rings. The molecule has 0 saturated heterocycles. The van der Waals surface area contributed by atoms with Gasteiger partial charge < -0.3 is 9.80 Å². The number of Topliss-reactive ketones (excluding diaryl/α,β-unsaturated/α-hetero) is 1. The number of aryl methyl sites for hydroxylation is 1. The highest BCUT2D eigenvalue weighted by Crippen LogP contribution is 2.40. The summed E-state index contributed by atoms with van der Waals surface area (Å²) in [5.41, 5.74) is 6.05. The second-order valence-electron chi connectivity index (χ2n) is 6.96. The summed E-state index contributed by atoms with van der Waals surface area (Å²) in [5, 5.41) is 0. The molecule has 1 heterocycles. The number of likely N-dealkylation sites (N-methyl/N-ethyl adjacent to an activating group) is 1. The zero-order valence-electron chi connectivity index (χ0n) is 15.7. The third kappa shape index (κ3) is 2.69. The summed E-state index contributed by atoms with van der Waals surface area (Å²) in [6.07, 6.45) is 0.829. The number of fused-ring (bicyclic) bond motifs is 1. The Morgan fingerprint density at radius 2 is 1.77 bits per heavy atom. The Morgan fingerprint density at radius 1 is 1.08 bits per heavy atom. The number of carbonyl (C=O) groups excluding carboxylic acids is 3. The van der Waals surface area contributed by atoms with E-state index in [1.807, 2.05) is 50.2 Å². The van der Waals surface area contributed by atoms with Gasteiger partial charge >= 0.3 is 0 Å². The quantitative estimate of drug-likeness (QED) is 0.630. The number of carbonyl (C=O) groups is 3. The molecule has 0 radical (unpaired) electrons. The van der Waals surface area contributed by atoms with Crippen molar-refractivity contribution in [3.63, 3.8) is 0 Å². The lowest BCUT2D eigenvalue weighted by Crippen LogP contribution is -2.40. The Hall–Kier alpha value is -2.95. The highest BCUT2D eigenvalue weighted by atomic mass is 16.2. The van der Waals surface area contributed by atoms with E-state index in [2.05, 4.69) is 0 Å². The molecule has 0 aromatic heterocycles. The van der Waals surface area contributed by atoms with E-state index in [1.54, 1.807) is 20.0 Å². The average molecular weight is 350 g/mol. The Bertz CT molecular complexity index is 931. The van der Waals surface area contributed by atoms with Crippen molar-refractivity contribution in [1.29, 1.82) is 0 Å². The van der Waals surface area contributed by atoms with Crippen molar-refractivity contribution in [3.05, 3.63) is 47.0 Å². The normalized spacial score (nSPS) is 16.5. The zero-order chi connectivity index (χ0) is 19.2. The Balaban J connectivity index is 2.28. The van der Waals surface area contributed by atoms with Gasteiger partial charge in [0, 0.05) is 43.6 Å². The van der Waals surface area contributed by atoms with Gasteiger partial charge in [-0.05, 0) is 53.9 Å². The van der Waals surface area contributed by atoms with Gasteiger partial charge in [0.25, 0.3) is 5.91 Å². The summed E-state index contributed by atoms with van der Waals surface area (Å²) in [7, 11) is 5.53. The molecule has 1 amide bonds. The third-order valence-corrected chi connectivity index (χ3v) is 5.04. The molecule has 2 aromatic rings. The van der Waals surface area contributed by atoms with Crippen LogP contribution in [0.1, 0.15) is 34.3 Å². The number of nitrogens with zero attached hydrogens (tertiary/aromatic N) is 2. The van der Waals surface area contributed by atoms with E-state index in [4.69, 9.17) is 0 Å². The largest absolute Gasteiger partial charge is 0.377 e. The van der Waals surface area contributed by atoms with Crippen molar-refractivity contribution < 1.29 is 14.4 Å². The molecule has 5 nitrogen and oxygen atoms in total. The van der Waals surface area contributed by atoms with Crippen LogP contribution in [-0.4, -0.2) is 39.1 Å². The maximum absolute atomic E-state index is 12.3. The van der Waals surface area contributed by atoms with E-state index >= 15 is 0 Å². The minimum Gasteiger partial charge on any atom is -0.377 e. The Morgan fingerprint density at radius 3 is 2.38 bits per heavy atom. The summed E-state index contributed by atoms with van der Waals surface area (Å²) in [6.45, 7) is 3.74. The molecule has 1 unspecified atom stereocenters. The van der Waals surface area contributed by atoms with Crippen LogP contribution in [0, 0.1) is 6.92 Å². The predicted molar refractivity (Wildman–Crippen MR) is 103 cm³/mol. The maximum atomic E-state index is 12.3. The monoisotopic (exact) mass is 350 g/mol. The van der Waals surface area contributed by atoms with Crippen LogP contribution in [0.4, 0.5) is 11.4 Å². The smallest absolute Gasteiger partial charge is 0.294 e. The van der Waals surface area contributed by atoms with E-state index in [0.29, 0.717) is 5.56 Å². The van der Waals surface area contributed by atoms with Gasteiger partial charge in [-0.3, -0.25) is 14.4 Å². The molecule has 3 rings (SSSR count). The number of hydrogen-bond acceptors (Lipinski definition) is 4. The topological polar surface area (TPSA) is 57.7 Å². The number of ketones is 1. The highest BCUT2D eigenvalue weighted by Gasteiger charge is 2.35. The fraction of sp³-hybridized carbons (Fsp3) is 0.286. The summed E-state index contributed by atoms with van der Waals surface area (Å²) in [6, 6.07) is 9.49. The van der Waals surface area contributed by atoms with Crippen LogP contribution in [0.2, 0.25) is 0 Å². The molecule has 2 aromatic carbocycles. The first-order chi connectivity index (χ1) is 12.3. The minimum atomic E-state index is -0.481. The Labute approximate surface area is 153 Å². The molecule has 0 bridgehead atoms. The maximum Gasteiger partial charge on any atom is 0.294 e. The molecule has 0 N–H and O–H groups in total. The van der Waals surface area contributed by atoms with Gasteiger partial charge in [0.15, 0.2) is 0 Å². The second-order valence-corrected chi connectivity index (χ2v) is 6.96. The third-order valence-electron chi connectivity index (χ3n) is 5.04. The molecule has 1 aliphatic heterocycles. The number of hydrogen-bond donors (Lipinski definition) is 0. The zero-order valence-corrected chi connectivity index (χ0v) is 15.7. The molecule has 1 atom stereocenters.